The molecule has 4 rings (SSSR count). The number of rotatable bonds is 11. The number of nitrogens with zero attached hydrogens (tertiary/aromatic N) is 8. The Balaban J connectivity index is 1.49. The number of carbonyl (C=O) groups excluding carboxylic acids is 2. The second kappa shape index (κ2) is 11.3. The van der Waals surface area contributed by atoms with Crippen molar-refractivity contribution in [2.75, 3.05) is 17.2 Å². The van der Waals surface area contributed by atoms with Crippen molar-refractivity contribution in [3.8, 4) is 0 Å². The van der Waals surface area contributed by atoms with E-state index in [2.05, 4.69) is 35.4 Å². The number of nitrogen functional groups attached to an aromatic ring is 1. The van der Waals surface area contributed by atoms with Crippen LogP contribution in [0, 0.1) is 0 Å². The van der Waals surface area contributed by atoms with Crippen molar-refractivity contribution in [1.29, 1.82) is 0 Å². The number of oxime groups is 1. The Bertz CT molecular complexity index is 1340. The van der Waals surface area contributed by atoms with Gasteiger partial charge in [-0.15, -0.1) is 16.9 Å². The number of thioether (sulfide) groups is 2. The molecule has 1 saturated heterocycles. The predicted molar refractivity (Wildman–Crippen MR) is 133 cm³/mol. The number of anilines is 1. The molecule has 2 aromatic rings. The number of carboxylic acids is 2. The van der Waals surface area contributed by atoms with Crippen LogP contribution in [-0.2, 0) is 30.6 Å². The number of carbonyl (C=O) groups is 4. The summed E-state index contributed by atoms with van der Waals surface area (Å²) in [6, 6.07) is -1.03. The highest BCUT2D eigenvalue weighted by atomic mass is 32.2. The van der Waals surface area contributed by atoms with Gasteiger partial charge in [0.1, 0.15) is 29.8 Å². The highest BCUT2D eigenvalue weighted by Crippen LogP contribution is 2.41. The van der Waals surface area contributed by atoms with Crippen LogP contribution in [0.4, 0.5) is 5.13 Å². The van der Waals surface area contributed by atoms with Gasteiger partial charge in [0.05, 0.1) is 0 Å². The van der Waals surface area contributed by atoms with E-state index in [4.69, 9.17) is 15.7 Å². The lowest BCUT2D eigenvalue weighted by Crippen LogP contribution is -2.71. The first-order valence-electron chi connectivity index (χ1n) is 10.7. The molecule has 5 N–H and O–H groups in total. The van der Waals surface area contributed by atoms with Gasteiger partial charge in [-0.25, -0.2) is 9.48 Å². The number of aromatic nitrogens is 6. The molecule has 2 aliphatic rings. The number of hydrogen-bond acceptors (Lipinski definition) is 15. The maximum atomic E-state index is 13.0. The molecule has 2 aliphatic heterocycles. The van der Waals surface area contributed by atoms with Gasteiger partial charge in [0.15, 0.2) is 5.13 Å². The summed E-state index contributed by atoms with van der Waals surface area (Å²) in [7, 11) is 0. The molecule has 17 nitrogen and oxygen atoms in total. The molecule has 0 aliphatic carbocycles. The predicted octanol–water partition coefficient (Wildman–Crippen LogP) is -1.15. The normalized spacial score (nSPS) is 19.3. The molecular weight excluding hydrogens is 564 g/mol. The quantitative estimate of drug-likeness (QED) is 0.105. The van der Waals surface area contributed by atoms with E-state index in [1.807, 2.05) is 0 Å². The SMILES string of the molecule is CC(C)ON=C(C(=O)NC1C(=O)N2C(C(=O)O)=C(CSc3nnnn3CC(=O)O)CS[C@@H]12)c1nsc(N)n1. The van der Waals surface area contributed by atoms with Crippen LogP contribution in [-0.4, -0.2) is 103 Å². The zero-order valence-corrected chi connectivity index (χ0v) is 22.1. The van der Waals surface area contributed by atoms with E-state index in [1.165, 1.54) is 11.8 Å². The zero-order chi connectivity index (χ0) is 27.6. The Morgan fingerprint density at radius 1 is 1.34 bits per heavy atom. The monoisotopic (exact) mass is 584 g/mol. The number of β-lactam (4-membered cyclic amide) rings is 1. The molecule has 4 heterocycles. The van der Waals surface area contributed by atoms with E-state index in [0.717, 1.165) is 32.9 Å². The second-order valence-electron chi connectivity index (χ2n) is 7.97. The fraction of sp³-hybridized carbons (Fsp3) is 0.444. The number of aliphatic carboxylic acids is 2. The zero-order valence-electron chi connectivity index (χ0n) is 19.7. The van der Waals surface area contributed by atoms with Gasteiger partial charge < -0.3 is 26.1 Å². The van der Waals surface area contributed by atoms with Crippen LogP contribution in [0.5, 0.6) is 0 Å². The number of hydrogen-bond donors (Lipinski definition) is 4. The smallest absolute Gasteiger partial charge is 0.352 e. The van der Waals surface area contributed by atoms with E-state index in [1.54, 1.807) is 13.8 Å². The minimum atomic E-state index is -1.32. The van der Waals surface area contributed by atoms with Gasteiger partial charge in [0, 0.05) is 23.0 Å². The van der Waals surface area contributed by atoms with Crippen LogP contribution in [0.15, 0.2) is 21.6 Å². The van der Waals surface area contributed by atoms with Crippen LogP contribution in [0.25, 0.3) is 0 Å². The Kier molecular flexibility index (Phi) is 8.11. The van der Waals surface area contributed by atoms with E-state index in [-0.39, 0.29) is 45.1 Å². The van der Waals surface area contributed by atoms with Gasteiger partial charge in [0.2, 0.25) is 16.7 Å². The van der Waals surface area contributed by atoms with Crippen molar-refractivity contribution in [3.05, 3.63) is 17.1 Å². The summed E-state index contributed by atoms with van der Waals surface area (Å²) in [5.74, 6) is -3.60. The molecule has 1 fully saturated rings. The Morgan fingerprint density at radius 2 is 2.11 bits per heavy atom. The average Bonchev–Trinajstić information content (AvgIpc) is 3.48. The number of fused-ring (bicyclic) bond motifs is 1. The molecular formula is C18H20N10O7S3. The Labute approximate surface area is 226 Å². The Morgan fingerprint density at radius 3 is 2.74 bits per heavy atom. The van der Waals surface area contributed by atoms with Crippen molar-refractivity contribution in [1.82, 2.24) is 39.8 Å². The highest BCUT2D eigenvalue weighted by Gasteiger charge is 2.54. The fourth-order valence-corrected chi connectivity index (χ4v) is 6.15. The molecule has 0 spiro atoms. The van der Waals surface area contributed by atoms with Gasteiger partial charge >= 0.3 is 11.9 Å². The third kappa shape index (κ3) is 5.70. The fourth-order valence-electron chi connectivity index (χ4n) is 3.36. The molecule has 1 unspecified atom stereocenters. The van der Waals surface area contributed by atoms with Gasteiger partial charge in [-0.3, -0.25) is 19.3 Å². The third-order valence-electron chi connectivity index (χ3n) is 4.92. The number of tetrazole rings is 1. The molecule has 2 amide bonds. The number of amides is 2. The summed E-state index contributed by atoms with van der Waals surface area (Å²) in [4.78, 5) is 59.3. The molecule has 0 bridgehead atoms. The van der Waals surface area contributed by atoms with Crippen molar-refractivity contribution in [2.45, 2.75) is 43.1 Å². The number of carboxylic acid groups (broad SMARTS) is 2. The number of nitrogens with two attached hydrogens (primary N) is 1. The lowest BCUT2D eigenvalue weighted by molar-refractivity contribution is -0.150. The van der Waals surface area contributed by atoms with Gasteiger partial charge in [-0.05, 0) is 29.8 Å². The average molecular weight is 585 g/mol. The standard InChI is InChI=1S/C18H20N10O7S3/c1-6(2)35-23-9(12-21-17(19)38-24-12)13(31)20-10-14(32)28-11(16(33)34)7(4-36-15(10)28)5-37-18-22-25-26-27(18)3-8(29)30/h6,10,15H,3-5H2,1-2H3,(H,20,31)(H,29,30)(H,33,34)(H2,19,21,24)/t10?,15-/m0/s1. The van der Waals surface area contributed by atoms with Gasteiger partial charge in [0.25, 0.3) is 11.8 Å². The van der Waals surface area contributed by atoms with Crippen LogP contribution in [0.1, 0.15) is 19.7 Å². The first-order valence-corrected chi connectivity index (χ1v) is 13.5. The summed E-state index contributed by atoms with van der Waals surface area (Å²) >= 11 is 3.16. The van der Waals surface area contributed by atoms with E-state index in [9.17, 15) is 24.3 Å². The first kappa shape index (κ1) is 27.3. The third-order valence-corrected chi connectivity index (χ3v) is 7.85. The minimum absolute atomic E-state index is 0.0683. The van der Waals surface area contributed by atoms with Gasteiger partial charge in [-0.2, -0.15) is 9.36 Å². The van der Waals surface area contributed by atoms with Crippen LogP contribution in [0.2, 0.25) is 0 Å². The van der Waals surface area contributed by atoms with E-state index < -0.39 is 41.7 Å². The van der Waals surface area contributed by atoms with Crippen LogP contribution >= 0.6 is 35.1 Å². The van der Waals surface area contributed by atoms with Crippen molar-refractivity contribution >= 4 is 69.7 Å². The van der Waals surface area contributed by atoms with Crippen molar-refractivity contribution in [3.63, 3.8) is 0 Å². The molecule has 0 radical (unpaired) electrons. The van der Waals surface area contributed by atoms with Crippen molar-refractivity contribution < 1.29 is 34.2 Å². The summed E-state index contributed by atoms with van der Waals surface area (Å²) in [6.07, 6.45) is -0.350. The topological polar surface area (TPSA) is 241 Å². The van der Waals surface area contributed by atoms with E-state index >= 15 is 0 Å². The molecule has 202 valence electrons. The van der Waals surface area contributed by atoms with E-state index in [0.29, 0.717) is 5.57 Å². The lowest BCUT2D eigenvalue weighted by Gasteiger charge is -2.49. The lowest BCUT2D eigenvalue weighted by atomic mass is 10.0. The van der Waals surface area contributed by atoms with Crippen LogP contribution < -0.4 is 11.1 Å². The van der Waals surface area contributed by atoms with Crippen LogP contribution in [0.3, 0.4) is 0 Å². The molecule has 2 aromatic heterocycles. The summed E-state index contributed by atoms with van der Waals surface area (Å²) in [5, 5.41) is 35.6. The first-order chi connectivity index (χ1) is 18.1. The summed E-state index contributed by atoms with van der Waals surface area (Å²) < 4.78 is 5.04. The number of nitrogens with one attached hydrogen (secondary N) is 1. The maximum Gasteiger partial charge on any atom is 0.352 e. The molecule has 0 aromatic carbocycles. The molecule has 20 heteroatoms. The summed E-state index contributed by atoms with van der Waals surface area (Å²) in [6.45, 7) is 2.95. The molecule has 2 atom stereocenters. The van der Waals surface area contributed by atoms with Gasteiger partial charge in [-0.1, -0.05) is 16.9 Å². The highest BCUT2D eigenvalue weighted by molar-refractivity contribution is 8.01. The Hall–Kier alpha value is -3.78. The molecule has 0 saturated carbocycles. The largest absolute Gasteiger partial charge is 0.480 e. The summed E-state index contributed by atoms with van der Waals surface area (Å²) in [5.41, 5.74) is 5.55. The maximum absolute atomic E-state index is 13.0. The van der Waals surface area contributed by atoms with Crippen molar-refractivity contribution in [2.24, 2.45) is 5.16 Å². The minimum Gasteiger partial charge on any atom is -0.480 e. The molecule has 38 heavy (non-hydrogen) atoms. The second-order valence-corrected chi connectivity index (χ2v) is 10.8.